The fraction of sp³-hybridized carbons (Fsp3) is 0.105. The number of non-ortho nitro benzene ring substituents is 1. The van der Waals surface area contributed by atoms with E-state index >= 15 is 0 Å². The molecule has 0 spiro atoms. The van der Waals surface area contributed by atoms with E-state index in [9.17, 15) is 14.9 Å². The van der Waals surface area contributed by atoms with Crippen LogP contribution in [0.5, 0.6) is 11.5 Å². The Bertz CT molecular complexity index is 1270. The molecule has 1 N–H and O–H groups in total. The van der Waals surface area contributed by atoms with Crippen molar-refractivity contribution in [3.63, 3.8) is 0 Å². The largest absolute Gasteiger partial charge is 0.493 e. The zero-order valence-corrected chi connectivity index (χ0v) is 16.6. The standard InChI is InChI=1S/C19H14N4O6S/c1-27-13-5-3-10(8-14(13)28-2)18-21-22-19(29-18)20-17(24)16-9-11-7-12(23(25)26)4-6-15(11)30-16/h3-9H,1-2H3,(H,20,22,24). The van der Waals surface area contributed by atoms with Crippen LogP contribution in [0.2, 0.25) is 0 Å². The summed E-state index contributed by atoms with van der Waals surface area (Å²) in [5.74, 6) is 0.789. The Balaban J connectivity index is 1.54. The number of hydrogen-bond acceptors (Lipinski definition) is 9. The Kier molecular flexibility index (Phi) is 5.02. The van der Waals surface area contributed by atoms with E-state index in [4.69, 9.17) is 13.9 Å². The first-order chi connectivity index (χ1) is 14.5. The van der Waals surface area contributed by atoms with E-state index in [1.165, 1.54) is 37.7 Å². The number of anilines is 1. The molecular formula is C19H14N4O6S. The molecule has 0 atom stereocenters. The summed E-state index contributed by atoms with van der Waals surface area (Å²) in [6, 6.07) is 11.0. The van der Waals surface area contributed by atoms with Crippen LogP contribution in [0.25, 0.3) is 21.5 Å². The van der Waals surface area contributed by atoms with Gasteiger partial charge in [0.25, 0.3) is 11.6 Å². The number of hydrogen-bond donors (Lipinski definition) is 1. The summed E-state index contributed by atoms with van der Waals surface area (Å²) in [5, 5.41) is 21.8. The Morgan fingerprint density at radius 1 is 1.10 bits per heavy atom. The van der Waals surface area contributed by atoms with Gasteiger partial charge in [0, 0.05) is 27.8 Å². The van der Waals surface area contributed by atoms with Crippen LogP contribution in [0.15, 0.2) is 46.9 Å². The Labute approximate surface area is 173 Å². The summed E-state index contributed by atoms with van der Waals surface area (Å²) < 4.78 is 16.7. The Hall–Kier alpha value is -3.99. The number of nitro groups is 1. The lowest BCUT2D eigenvalue weighted by atomic mass is 10.2. The number of carbonyl (C=O) groups excluding carboxylic acids is 1. The summed E-state index contributed by atoms with van der Waals surface area (Å²) in [4.78, 5) is 23.3. The first-order valence-corrected chi connectivity index (χ1v) is 9.35. The van der Waals surface area contributed by atoms with Gasteiger partial charge in [-0.1, -0.05) is 5.10 Å². The van der Waals surface area contributed by atoms with Crippen LogP contribution >= 0.6 is 11.3 Å². The van der Waals surface area contributed by atoms with E-state index in [0.29, 0.717) is 27.3 Å². The molecule has 0 aliphatic heterocycles. The molecule has 2 aromatic carbocycles. The van der Waals surface area contributed by atoms with Crippen LogP contribution in [-0.2, 0) is 0 Å². The zero-order chi connectivity index (χ0) is 21.3. The van der Waals surface area contributed by atoms with Crippen LogP contribution in [0.1, 0.15) is 9.67 Å². The lowest BCUT2D eigenvalue weighted by Gasteiger charge is -2.07. The second-order valence-electron chi connectivity index (χ2n) is 6.03. The Morgan fingerprint density at radius 2 is 1.90 bits per heavy atom. The van der Waals surface area contributed by atoms with Gasteiger partial charge in [-0.15, -0.1) is 16.4 Å². The number of nitrogens with zero attached hydrogens (tertiary/aromatic N) is 3. The molecular weight excluding hydrogens is 412 g/mol. The van der Waals surface area contributed by atoms with E-state index in [1.54, 1.807) is 30.3 Å². The van der Waals surface area contributed by atoms with Gasteiger partial charge in [-0.25, -0.2) is 0 Å². The highest BCUT2D eigenvalue weighted by molar-refractivity contribution is 7.20. The Morgan fingerprint density at radius 3 is 2.63 bits per heavy atom. The summed E-state index contributed by atoms with van der Waals surface area (Å²) in [5.41, 5.74) is 0.554. The van der Waals surface area contributed by atoms with Crippen molar-refractivity contribution in [3.05, 3.63) is 57.5 Å². The molecule has 2 heterocycles. The molecule has 4 aromatic rings. The third-order valence-corrected chi connectivity index (χ3v) is 5.33. The minimum absolute atomic E-state index is 0.0382. The highest BCUT2D eigenvalue weighted by atomic mass is 32.1. The minimum Gasteiger partial charge on any atom is -0.493 e. The monoisotopic (exact) mass is 426 g/mol. The van der Waals surface area contributed by atoms with E-state index < -0.39 is 10.8 Å². The average molecular weight is 426 g/mol. The number of aromatic nitrogens is 2. The van der Waals surface area contributed by atoms with Gasteiger partial charge in [0.2, 0.25) is 5.89 Å². The fourth-order valence-corrected chi connectivity index (χ4v) is 3.71. The molecule has 10 nitrogen and oxygen atoms in total. The number of fused-ring (bicyclic) bond motifs is 1. The maximum atomic E-state index is 12.5. The van der Waals surface area contributed by atoms with Crippen molar-refractivity contribution >= 4 is 39.0 Å². The normalized spacial score (nSPS) is 10.7. The molecule has 0 radical (unpaired) electrons. The molecule has 0 aliphatic rings. The van der Waals surface area contributed by atoms with Crippen LogP contribution in [0.3, 0.4) is 0 Å². The molecule has 0 saturated carbocycles. The van der Waals surface area contributed by atoms with Gasteiger partial charge < -0.3 is 13.9 Å². The van der Waals surface area contributed by atoms with Gasteiger partial charge in [0.05, 0.1) is 24.0 Å². The molecule has 0 bridgehead atoms. The average Bonchev–Trinajstić information content (AvgIpc) is 3.39. The van der Waals surface area contributed by atoms with Gasteiger partial charge in [-0.2, -0.15) is 0 Å². The smallest absolute Gasteiger partial charge is 0.322 e. The van der Waals surface area contributed by atoms with Gasteiger partial charge in [-0.05, 0) is 30.3 Å². The van der Waals surface area contributed by atoms with Crippen LogP contribution < -0.4 is 14.8 Å². The van der Waals surface area contributed by atoms with Gasteiger partial charge in [0.1, 0.15) is 0 Å². The summed E-state index contributed by atoms with van der Waals surface area (Å²) in [6.07, 6.45) is 0. The first-order valence-electron chi connectivity index (χ1n) is 8.53. The lowest BCUT2D eigenvalue weighted by molar-refractivity contribution is -0.384. The first kappa shape index (κ1) is 19.3. The number of benzene rings is 2. The topological polar surface area (TPSA) is 130 Å². The SMILES string of the molecule is COc1ccc(-c2nnc(NC(=O)c3cc4cc([N+](=O)[O-])ccc4s3)o2)cc1OC. The van der Waals surface area contributed by atoms with Crippen molar-refractivity contribution in [2.75, 3.05) is 19.5 Å². The van der Waals surface area contributed by atoms with E-state index in [-0.39, 0.29) is 17.6 Å². The molecule has 30 heavy (non-hydrogen) atoms. The van der Waals surface area contributed by atoms with Crippen molar-refractivity contribution in [2.24, 2.45) is 0 Å². The molecule has 0 unspecified atom stereocenters. The van der Waals surface area contributed by atoms with Gasteiger partial charge >= 0.3 is 6.01 Å². The molecule has 1 amide bonds. The van der Waals surface area contributed by atoms with Crippen LogP contribution in [0.4, 0.5) is 11.7 Å². The number of thiophene rings is 1. The summed E-state index contributed by atoms with van der Waals surface area (Å²) in [6.45, 7) is 0. The second kappa shape index (κ2) is 7.79. The predicted octanol–water partition coefficient (Wildman–Crippen LogP) is 4.13. The fourth-order valence-electron chi connectivity index (χ4n) is 2.77. The van der Waals surface area contributed by atoms with Crippen LogP contribution in [-0.4, -0.2) is 35.2 Å². The molecule has 4 rings (SSSR count). The number of nitrogens with one attached hydrogen (secondary N) is 1. The van der Waals surface area contributed by atoms with Crippen molar-refractivity contribution in [3.8, 4) is 23.0 Å². The lowest BCUT2D eigenvalue weighted by Crippen LogP contribution is -2.10. The van der Waals surface area contributed by atoms with E-state index in [1.807, 2.05) is 0 Å². The van der Waals surface area contributed by atoms with Crippen LogP contribution in [0, 0.1) is 10.1 Å². The molecule has 0 saturated heterocycles. The van der Waals surface area contributed by atoms with Gasteiger partial charge in [0.15, 0.2) is 11.5 Å². The molecule has 152 valence electrons. The quantitative estimate of drug-likeness (QED) is 0.360. The number of ether oxygens (including phenoxy) is 2. The highest BCUT2D eigenvalue weighted by Gasteiger charge is 2.17. The third kappa shape index (κ3) is 3.65. The van der Waals surface area contributed by atoms with Crippen molar-refractivity contribution in [1.29, 1.82) is 0 Å². The molecule has 0 fully saturated rings. The molecule has 0 aliphatic carbocycles. The second-order valence-corrected chi connectivity index (χ2v) is 7.11. The number of methoxy groups -OCH3 is 2. The molecule has 11 heteroatoms. The van der Waals surface area contributed by atoms with E-state index in [2.05, 4.69) is 15.5 Å². The summed E-state index contributed by atoms with van der Waals surface area (Å²) in [7, 11) is 3.05. The number of amides is 1. The van der Waals surface area contributed by atoms with Gasteiger partial charge in [-0.3, -0.25) is 20.2 Å². The van der Waals surface area contributed by atoms with Crippen molar-refractivity contribution in [2.45, 2.75) is 0 Å². The minimum atomic E-state index is -0.481. The third-order valence-electron chi connectivity index (χ3n) is 4.21. The maximum absolute atomic E-state index is 12.5. The number of nitro benzene ring substituents is 1. The number of rotatable bonds is 6. The molecule has 2 aromatic heterocycles. The van der Waals surface area contributed by atoms with Crippen molar-refractivity contribution < 1.29 is 23.6 Å². The predicted molar refractivity (Wildman–Crippen MR) is 109 cm³/mol. The highest BCUT2D eigenvalue weighted by Crippen LogP contribution is 2.33. The van der Waals surface area contributed by atoms with Crippen molar-refractivity contribution in [1.82, 2.24) is 10.2 Å². The summed E-state index contributed by atoms with van der Waals surface area (Å²) >= 11 is 1.20. The van der Waals surface area contributed by atoms with E-state index in [0.717, 1.165) is 4.70 Å². The number of carbonyl (C=O) groups is 1. The maximum Gasteiger partial charge on any atom is 0.322 e. The zero-order valence-electron chi connectivity index (χ0n) is 15.7.